The Bertz CT molecular complexity index is 759. The molecule has 4 bridgehead atoms. The fourth-order valence-electron chi connectivity index (χ4n) is 5.89. The molecule has 0 aliphatic heterocycles. The van der Waals surface area contributed by atoms with Gasteiger partial charge in [-0.05, 0) is 74.8 Å². The average Bonchev–Trinajstić information content (AvgIpc) is 2.69. The number of nitrogens with one attached hydrogen (secondary N) is 2. The normalized spacial score (nSPS) is 29.7. The Balaban J connectivity index is 1.22. The van der Waals surface area contributed by atoms with E-state index in [0.29, 0.717) is 29.9 Å². The Morgan fingerprint density at radius 3 is 2.20 bits per heavy atom. The van der Waals surface area contributed by atoms with Crippen molar-refractivity contribution in [3.05, 3.63) is 30.3 Å². The van der Waals surface area contributed by atoms with Gasteiger partial charge >= 0.3 is 12.0 Å². The fourth-order valence-corrected chi connectivity index (χ4v) is 5.89. The van der Waals surface area contributed by atoms with Crippen LogP contribution >= 0.6 is 0 Å². The van der Waals surface area contributed by atoms with E-state index in [1.54, 1.807) is 19.1 Å². The zero-order valence-electron chi connectivity index (χ0n) is 17.4. The number of amides is 3. The highest BCUT2D eigenvalue weighted by molar-refractivity contribution is 5.96. The molecule has 4 fully saturated rings. The Hall–Kier alpha value is -2.57. The second-order valence-corrected chi connectivity index (χ2v) is 9.14. The first-order valence-electron chi connectivity index (χ1n) is 10.9. The lowest BCUT2D eigenvalue weighted by molar-refractivity contribution is -0.155. The van der Waals surface area contributed by atoms with Crippen LogP contribution in [0.5, 0.6) is 5.75 Å². The number of benzene rings is 1. The van der Waals surface area contributed by atoms with Gasteiger partial charge in [-0.15, -0.1) is 0 Å². The van der Waals surface area contributed by atoms with E-state index in [2.05, 4.69) is 10.6 Å². The molecule has 7 nitrogen and oxygen atoms in total. The SMILES string of the molecule is CC[C@H](Oc1ccccc1)C(=O)OCC(=O)NC(=O)NC12CC3CC(CC(C3)C1)C2. The molecule has 4 aliphatic rings. The molecular weight excluding hydrogens is 384 g/mol. The first kappa shape index (κ1) is 20.7. The van der Waals surface area contributed by atoms with Crippen LogP contribution in [0.4, 0.5) is 4.79 Å². The minimum atomic E-state index is -0.805. The summed E-state index contributed by atoms with van der Waals surface area (Å²) in [5, 5.41) is 5.38. The van der Waals surface area contributed by atoms with Gasteiger partial charge in [0.15, 0.2) is 12.7 Å². The van der Waals surface area contributed by atoms with Gasteiger partial charge < -0.3 is 14.8 Å². The van der Waals surface area contributed by atoms with Gasteiger partial charge in [0.2, 0.25) is 0 Å². The highest BCUT2D eigenvalue weighted by Gasteiger charge is 2.51. The maximum absolute atomic E-state index is 12.4. The average molecular weight is 415 g/mol. The monoisotopic (exact) mass is 414 g/mol. The number of carbonyl (C=O) groups excluding carboxylic acids is 3. The van der Waals surface area contributed by atoms with Crippen molar-refractivity contribution in [2.24, 2.45) is 17.8 Å². The molecule has 1 aromatic carbocycles. The molecule has 0 saturated heterocycles. The fraction of sp³-hybridized carbons (Fsp3) is 0.609. The number of rotatable bonds is 7. The van der Waals surface area contributed by atoms with E-state index in [9.17, 15) is 14.4 Å². The van der Waals surface area contributed by atoms with Crippen molar-refractivity contribution in [2.45, 2.75) is 63.5 Å². The number of para-hydroxylation sites is 1. The van der Waals surface area contributed by atoms with E-state index in [1.807, 2.05) is 18.2 Å². The third kappa shape index (κ3) is 4.77. The van der Waals surface area contributed by atoms with Crippen molar-refractivity contribution < 1.29 is 23.9 Å². The van der Waals surface area contributed by atoms with Crippen molar-refractivity contribution in [3.8, 4) is 5.75 Å². The predicted octanol–water partition coefficient (Wildman–Crippen LogP) is 3.18. The van der Waals surface area contributed by atoms with Crippen LogP contribution in [0.1, 0.15) is 51.9 Å². The number of carbonyl (C=O) groups is 3. The Morgan fingerprint density at radius 2 is 1.63 bits per heavy atom. The smallest absolute Gasteiger partial charge is 0.347 e. The van der Waals surface area contributed by atoms with Gasteiger partial charge in [-0.25, -0.2) is 9.59 Å². The third-order valence-corrected chi connectivity index (χ3v) is 6.67. The molecule has 2 N–H and O–H groups in total. The van der Waals surface area contributed by atoms with Gasteiger partial charge in [0, 0.05) is 5.54 Å². The van der Waals surface area contributed by atoms with Crippen molar-refractivity contribution in [2.75, 3.05) is 6.61 Å². The molecule has 3 amide bonds. The molecule has 7 heteroatoms. The van der Waals surface area contributed by atoms with Crippen LogP contribution in [0.3, 0.4) is 0 Å². The van der Waals surface area contributed by atoms with E-state index >= 15 is 0 Å². The summed E-state index contributed by atoms with van der Waals surface area (Å²) < 4.78 is 10.7. The van der Waals surface area contributed by atoms with Crippen LogP contribution in [0.15, 0.2) is 30.3 Å². The number of ether oxygens (including phenoxy) is 2. The standard InChI is InChI=1S/C23H30N2O5/c1-2-19(30-18-6-4-3-5-7-18)21(27)29-14-20(26)24-22(28)25-23-11-15-8-16(12-23)10-17(9-15)13-23/h3-7,15-17,19H,2,8-14H2,1H3,(H2,24,25,26,28)/t15?,16?,17?,19-,23?/m0/s1. The summed E-state index contributed by atoms with van der Waals surface area (Å²) >= 11 is 0. The molecule has 1 aromatic rings. The van der Waals surface area contributed by atoms with Crippen molar-refractivity contribution in [3.63, 3.8) is 0 Å². The molecule has 0 heterocycles. The van der Waals surface area contributed by atoms with E-state index in [1.165, 1.54) is 19.3 Å². The van der Waals surface area contributed by atoms with Gasteiger partial charge in [-0.2, -0.15) is 0 Å². The maximum atomic E-state index is 12.4. The topological polar surface area (TPSA) is 93.7 Å². The van der Waals surface area contributed by atoms with Crippen molar-refractivity contribution in [1.29, 1.82) is 0 Å². The Kier molecular flexibility index (Phi) is 5.97. The van der Waals surface area contributed by atoms with E-state index in [0.717, 1.165) is 19.3 Å². The molecule has 30 heavy (non-hydrogen) atoms. The van der Waals surface area contributed by atoms with Gasteiger partial charge in [0.1, 0.15) is 5.75 Å². The van der Waals surface area contributed by atoms with Crippen LogP contribution in [0, 0.1) is 17.8 Å². The summed E-state index contributed by atoms with van der Waals surface area (Å²) in [6, 6.07) is 8.47. The van der Waals surface area contributed by atoms with Crippen LogP contribution in [-0.2, 0) is 14.3 Å². The highest BCUT2D eigenvalue weighted by Crippen LogP contribution is 2.55. The van der Waals surface area contributed by atoms with Crippen molar-refractivity contribution in [1.82, 2.24) is 10.6 Å². The number of urea groups is 1. The molecule has 4 saturated carbocycles. The predicted molar refractivity (Wildman–Crippen MR) is 110 cm³/mol. The number of imide groups is 1. The molecule has 0 spiro atoms. The molecule has 0 aromatic heterocycles. The quantitative estimate of drug-likeness (QED) is 0.669. The minimum Gasteiger partial charge on any atom is -0.479 e. The van der Waals surface area contributed by atoms with E-state index < -0.39 is 30.6 Å². The van der Waals surface area contributed by atoms with Crippen LogP contribution in [0.2, 0.25) is 0 Å². The number of esters is 1. The van der Waals surface area contributed by atoms with Crippen molar-refractivity contribution >= 4 is 17.9 Å². The van der Waals surface area contributed by atoms with Gasteiger partial charge in [0.05, 0.1) is 0 Å². The lowest BCUT2D eigenvalue weighted by Crippen LogP contribution is -2.62. The Labute approximate surface area is 176 Å². The second-order valence-electron chi connectivity index (χ2n) is 9.14. The number of hydrogen-bond donors (Lipinski definition) is 2. The molecule has 5 rings (SSSR count). The Morgan fingerprint density at radius 1 is 1.03 bits per heavy atom. The molecular formula is C23H30N2O5. The molecule has 4 aliphatic carbocycles. The lowest BCUT2D eigenvalue weighted by Gasteiger charge is -2.56. The lowest BCUT2D eigenvalue weighted by atomic mass is 9.53. The summed E-state index contributed by atoms with van der Waals surface area (Å²) in [5.41, 5.74) is -0.174. The molecule has 162 valence electrons. The first-order valence-corrected chi connectivity index (χ1v) is 10.9. The van der Waals surface area contributed by atoms with Gasteiger partial charge in [0.25, 0.3) is 5.91 Å². The van der Waals surface area contributed by atoms with E-state index in [4.69, 9.17) is 9.47 Å². The van der Waals surface area contributed by atoms with Crippen LogP contribution in [-0.4, -0.2) is 36.2 Å². The summed E-state index contributed by atoms with van der Waals surface area (Å²) in [5.74, 6) is 1.38. The van der Waals surface area contributed by atoms with Crippen LogP contribution < -0.4 is 15.4 Å². The van der Waals surface area contributed by atoms with Gasteiger partial charge in [-0.3, -0.25) is 10.1 Å². The second kappa shape index (κ2) is 8.66. The van der Waals surface area contributed by atoms with E-state index in [-0.39, 0.29) is 5.54 Å². The van der Waals surface area contributed by atoms with Crippen LogP contribution in [0.25, 0.3) is 0 Å². The maximum Gasteiger partial charge on any atom is 0.347 e. The highest BCUT2D eigenvalue weighted by atomic mass is 16.6. The van der Waals surface area contributed by atoms with Gasteiger partial charge in [-0.1, -0.05) is 25.1 Å². The zero-order chi connectivity index (χ0) is 21.1. The summed E-state index contributed by atoms with van der Waals surface area (Å²) in [6.07, 6.45) is 6.45. The largest absolute Gasteiger partial charge is 0.479 e. The molecule has 0 radical (unpaired) electrons. The number of hydrogen-bond acceptors (Lipinski definition) is 5. The summed E-state index contributed by atoms with van der Waals surface area (Å²) in [4.78, 5) is 36.8. The zero-order valence-corrected chi connectivity index (χ0v) is 17.4. The summed E-state index contributed by atoms with van der Waals surface area (Å²) in [7, 11) is 0. The molecule has 1 atom stereocenters. The summed E-state index contributed by atoms with van der Waals surface area (Å²) in [6.45, 7) is 1.29. The minimum absolute atomic E-state index is 0.174. The molecule has 0 unspecified atom stereocenters. The third-order valence-electron chi connectivity index (χ3n) is 6.67. The first-order chi connectivity index (χ1) is 14.4.